The van der Waals surface area contributed by atoms with Crippen molar-refractivity contribution in [2.24, 2.45) is 5.73 Å². The zero-order valence-corrected chi connectivity index (χ0v) is 15.1. The van der Waals surface area contributed by atoms with Crippen molar-refractivity contribution in [1.82, 2.24) is 24.6 Å². The number of nitrogens with zero attached hydrogens (tertiary/aromatic N) is 5. The minimum absolute atomic E-state index is 0.0996. The number of likely N-dealkylation sites (tertiary alicyclic amines) is 1. The molecule has 4 rings (SSSR count). The third kappa shape index (κ3) is 3.49. The molecule has 1 saturated heterocycles. The zero-order valence-electron chi connectivity index (χ0n) is 15.1. The predicted molar refractivity (Wildman–Crippen MR) is 98.0 cm³/mol. The molecule has 2 aromatic heterocycles. The third-order valence-electron chi connectivity index (χ3n) is 5.19. The summed E-state index contributed by atoms with van der Waals surface area (Å²) in [6.45, 7) is 1.56. The molecule has 0 radical (unpaired) electrons. The minimum atomic E-state index is -0.628. The van der Waals surface area contributed by atoms with E-state index in [1.807, 2.05) is 0 Å². The number of fused-ring (bicyclic) bond motifs is 1. The van der Waals surface area contributed by atoms with Crippen LogP contribution in [-0.4, -0.2) is 43.1 Å². The van der Waals surface area contributed by atoms with Crippen LogP contribution in [0.15, 0.2) is 18.2 Å². The van der Waals surface area contributed by atoms with Crippen LogP contribution in [0.1, 0.15) is 60.3 Å². The Morgan fingerprint density at radius 1 is 1.11 bits per heavy atom. The van der Waals surface area contributed by atoms with E-state index >= 15 is 0 Å². The van der Waals surface area contributed by atoms with Gasteiger partial charge in [-0.1, -0.05) is 6.07 Å². The molecule has 1 fully saturated rings. The van der Waals surface area contributed by atoms with E-state index in [1.165, 1.54) is 6.07 Å². The Morgan fingerprint density at radius 3 is 2.81 bits per heavy atom. The second-order valence-electron chi connectivity index (χ2n) is 6.99. The predicted octanol–water partition coefficient (Wildman–Crippen LogP) is 1.87. The van der Waals surface area contributed by atoms with Crippen LogP contribution in [0.25, 0.3) is 0 Å². The van der Waals surface area contributed by atoms with Crippen LogP contribution in [0, 0.1) is 0 Å². The summed E-state index contributed by atoms with van der Waals surface area (Å²) in [6, 6.07) is 4.46. The van der Waals surface area contributed by atoms with E-state index in [4.69, 9.17) is 5.73 Å². The van der Waals surface area contributed by atoms with Gasteiger partial charge in [-0.25, -0.2) is 9.78 Å². The SMILES string of the molecule is NC(=O)c1cccc(NC(=O)N2CCCCC2c2nnc3n2CCCC3)n1. The zero-order chi connectivity index (χ0) is 18.8. The molecular formula is C18H23N7O2. The number of aryl methyl sites for hydroxylation is 1. The molecule has 2 aliphatic heterocycles. The van der Waals surface area contributed by atoms with Crippen molar-refractivity contribution in [2.75, 3.05) is 11.9 Å². The largest absolute Gasteiger partial charge is 0.364 e. The van der Waals surface area contributed by atoms with Crippen molar-refractivity contribution < 1.29 is 9.59 Å². The number of hydrogen-bond acceptors (Lipinski definition) is 5. The number of nitrogens with two attached hydrogens (primary N) is 1. The van der Waals surface area contributed by atoms with Crippen LogP contribution in [0.4, 0.5) is 10.6 Å². The highest BCUT2D eigenvalue weighted by molar-refractivity contribution is 5.92. The lowest BCUT2D eigenvalue weighted by atomic mass is 10.0. The fourth-order valence-corrected chi connectivity index (χ4v) is 3.84. The Labute approximate surface area is 157 Å². The van der Waals surface area contributed by atoms with Crippen LogP contribution < -0.4 is 11.1 Å². The summed E-state index contributed by atoms with van der Waals surface area (Å²) >= 11 is 0. The van der Waals surface area contributed by atoms with Crippen LogP contribution in [0.3, 0.4) is 0 Å². The van der Waals surface area contributed by atoms with Gasteiger partial charge in [-0.3, -0.25) is 10.1 Å². The number of carbonyl (C=O) groups is 2. The molecular weight excluding hydrogens is 346 g/mol. The molecule has 9 nitrogen and oxygen atoms in total. The average molecular weight is 369 g/mol. The van der Waals surface area contributed by atoms with Crippen LogP contribution in [-0.2, 0) is 13.0 Å². The molecule has 9 heteroatoms. The van der Waals surface area contributed by atoms with Gasteiger partial charge in [-0.15, -0.1) is 10.2 Å². The first kappa shape index (κ1) is 17.4. The minimum Gasteiger partial charge on any atom is -0.364 e. The first-order valence-electron chi connectivity index (χ1n) is 9.40. The van der Waals surface area contributed by atoms with Gasteiger partial charge in [0.05, 0.1) is 6.04 Å². The summed E-state index contributed by atoms with van der Waals surface area (Å²) in [5.74, 6) is 1.57. The van der Waals surface area contributed by atoms with E-state index in [1.54, 1.807) is 17.0 Å². The van der Waals surface area contributed by atoms with Crippen LogP contribution in [0.2, 0.25) is 0 Å². The van der Waals surface area contributed by atoms with Gasteiger partial charge in [0.1, 0.15) is 17.3 Å². The Morgan fingerprint density at radius 2 is 1.96 bits per heavy atom. The highest BCUT2D eigenvalue weighted by Gasteiger charge is 2.33. The Hall–Kier alpha value is -2.97. The highest BCUT2D eigenvalue weighted by Crippen LogP contribution is 2.32. The standard InChI is InChI=1S/C18H23N7O2/c19-16(26)12-6-5-8-14(20-12)21-18(27)24-10-3-1-7-13(24)17-23-22-15-9-2-4-11-25(15)17/h5-6,8,13H,1-4,7,9-11H2,(H2,19,26)(H,20,21,27). The van der Waals surface area contributed by atoms with Crippen molar-refractivity contribution in [3.05, 3.63) is 35.5 Å². The van der Waals surface area contributed by atoms with E-state index in [9.17, 15) is 9.59 Å². The maximum Gasteiger partial charge on any atom is 0.323 e. The van der Waals surface area contributed by atoms with Crippen molar-refractivity contribution in [3.8, 4) is 0 Å². The van der Waals surface area contributed by atoms with E-state index in [0.29, 0.717) is 12.4 Å². The van der Waals surface area contributed by atoms with Crippen molar-refractivity contribution in [3.63, 3.8) is 0 Å². The van der Waals surface area contributed by atoms with Gasteiger partial charge < -0.3 is 15.2 Å². The monoisotopic (exact) mass is 369 g/mol. The van der Waals surface area contributed by atoms with Crippen LogP contribution >= 0.6 is 0 Å². The van der Waals surface area contributed by atoms with Gasteiger partial charge in [0.25, 0.3) is 5.91 Å². The molecule has 2 aromatic rings. The van der Waals surface area contributed by atoms with Crippen molar-refractivity contribution >= 4 is 17.8 Å². The quantitative estimate of drug-likeness (QED) is 0.856. The number of pyridine rings is 1. The highest BCUT2D eigenvalue weighted by atomic mass is 16.2. The summed E-state index contributed by atoms with van der Waals surface area (Å²) in [7, 11) is 0. The number of primary amides is 1. The molecule has 1 atom stereocenters. The molecule has 0 aliphatic carbocycles. The first-order chi connectivity index (χ1) is 13.1. The first-order valence-corrected chi connectivity index (χ1v) is 9.40. The van der Waals surface area contributed by atoms with Gasteiger partial charge in [0.2, 0.25) is 0 Å². The number of hydrogen-bond donors (Lipinski definition) is 2. The number of piperidine rings is 1. The second kappa shape index (κ2) is 7.34. The molecule has 142 valence electrons. The van der Waals surface area contributed by atoms with E-state index in [2.05, 4.69) is 25.1 Å². The normalized spacial score (nSPS) is 19.4. The lowest BCUT2D eigenvalue weighted by molar-refractivity contribution is 0.0995. The summed E-state index contributed by atoms with van der Waals surface area (Å²) in [5, 5.41) is 11.5. The molecule has 4 heterocycles. The van der Waals surface area contributed by atoms with Gasteiger partial charge in [-0.05, 0) is 44.2 Å². The second-order valence-corrected chi connectivity index (χ2v) is 6.99. The smallest absolute Gasteiger partial charge is 0.323 e. The summed E-state index contributed by atoms with van der Waals surface area (Å²) in [6.07, 6.45) is 6.04. The summed E-state index contributed by atoms with van der Waals surface area (Å²) in [5.41, 5.74) is 5.38. The lowest BCUT2D eigenvalue weighted by Gasteiger charge is -2.35. The third-order valence-corrected chi connectivity index (χ3v) is 5.19. The molecule has 0 saturated carbocycles. The van der Waals surface area contributed by atoms with Gasteiger partial charge in [0, 0.05) is 19.5 Å². The van der Waals surface area contributed by atoms with E-state index < -0.39 is 5.91 Å². The number of urea groups is 1. The molecule has 3 N–H and O–H groups in total. The summed E-state index contributed by atoms with van der Waals surface area (Å²) in [4.78, 5) is 30.1. The Balaban J connectivity index is 1.55. The lowest BCUT2D eigenvalue weighted by Crippen LogP contribution is -2.42. The summed E-state index contributed by atoms with van der Waals surface area (Å²) < 4.78 is 2.17. The molecule has 27 heavy (non-hydrogen) atoms. The molecule has 0 bridgehead atoms. The van der Waals surface area contributed by atoms with E-state index in [-0.39, 0.29) is 17.8 Å². The number of rotatable bonds is 3. The molecule has 0 spiro atoms. The van der Waals surface area contributed by atoms with Gasteiger partial charge >= 0.3 is 6.03 Å². The maximum atomic E-state index is 12.9. The number of nitrogens with one attached hydrogen (secondary N) is 1. The molecule has 1 unspecified atom stereocenters. The molecule has 3 amide bonds. The van der Waals surface area contributed by atoms with Crippen molar-refractivity contribution in [2.45, 2.75) is 51.1 Å². The number of amides is 3. The molecule has 0 aromatic carbocycles. The number of carbonyl (C=O) groups excluding carboxylic acids is 2. The fraction of sp³-hybridized carbons (Fsp3) is 0.500. The topological polar surface area (TPSA) is 119 Å². The number of aromatic nitrogens is 4. The fourth-order valence-electron chi connectivity index (χ4n) is 3.84. The number of anilines is 1. The Bertz CT molecular complexity index is 863. The van der Waals surface area contributed by atoms with Crippen molar-refractivity contribution in [1.29, 1.82) is 0 Å². The van der Waals surface area contributed by atoms with Gasteiger partial charge in [0.15, 0.2) is 5.82 Å². The van der Waals surface area contributed by atoms with E-state index in [0.717, 1.165) is 56.7 Å². The molecule has 2 aliphatic rings. The van der Waals surface area contributed by atoms with Gasteiger partial charge in [-0.2, -0.15) is 0 Å². The average Bonchev–Trinajstić information content (AvgIpc) is 3.12. The van der Waals surface area contributed by atoms with Crippen LogP contribution in [0.5, 0.6) is 0 Å². The Kier molecular flexibility index (Phi) is 4.74. The maximum absolute atomic E-state index is 12.9.